The van der Waals surface area contributed by atoms with Crippen LogP contribution in [0.3, 0.4) is 0 Å². The van der Waals surface area contributed by atoms with Gasteiger partial charge in [-0.2, -0.15) is 0 Å². The highest BCUT2D eigenvalue weighted by molar-refractivity contribution is 7.85. The summed E-state index contributed by atoms with van der Waals surface area (Å²) in [5.41, 5.74) is 4.27. The van der Waals surface area contributed by atoms with E-state index in [-0.39, 0.29) is 5.75 Å². The van der Waals surface area contributed by atoms with Gasteiger partial charge in [0.1, 0.15) is 5.75 Å². The Morgan fingerprint density at radius 3 is 2.42 bits per heavy atom. The first kappa shape index (κ1) is 17.8. The van der Waals surface area contributed by atoms with Gasteiger partial charge in [0.05, 0.1) is 10.8 Å². The third kappa shape index (κ3) is 4.77. The van der Waals surface area contributed by atoms with Crippen LogP contribution < -0.4 is 5.32 Å². The molecule has 2 aromatic carbocycles. The first-order valence-corrected chi connectivity index (χ1v) is 9.37. The smallest absolute Gasteiger partial charge is 0.316 e. The van der Waals surface area contributed by atoms with Gasteiger partial charge in [-0.1, -0.05) is 18.2 Å². The van der Waals surface area contributed by atoms with Crippen molar-refractivity contribution < 1.29 is 14.1 Å². The van der Waals surface area contributed by atoms with Crippen LogP contribution in [0.15, 0.2) is 78.0 Å². The molecule has 0 aliphatic rings. The minimum atomic E-state index is -1.52. The number of hydrogen-bond acceptors (Lipinski definition) is 4. The first-order valence-electron chi connectivity index (χ1n) is 8.05. The third-order valence-electron chi connectivity index (χ3n) is 3.81. The van der Waals surface area contributed by atoms with E-state index in [1.165, 1.54) is 0 Å². The summed E-state index contributed by atoms with van der Waals surface area (Å²) in [5, 5.41) is 12.0. The summed E-state index contributed by atoms with van der Waals surface area (Å²) in [6, 6.07) is 19.2. The van der Waals surface area contributed by atoms with Crippen molar-refractivity contribution in [3.05, 3.63) is 78.6 Å². The Labute approximate surface area is 154 Å². The number of carbonyl (C=O) groups is 1. The Morgan fingerprint density at radius 2 is 1.73 bits per heavy atom. The lowest BCUT2D eigenvalue weighted by Gasteiger charge is -2.09. The van der Waals surface area contributed by atoms with Crippen molar-refractivity contribution in [3.8, 4) is 11.1 Å². The molecule has 0 fully saturated rings. The molecule has 0 spiro atoms. The van der Waals surface area contributed by atoms with E-state index in [1.54, 1.807) is 24.5 Å². The highest BCUT2D eigenvalue weighted by Gasteiger charge is 2.08. The largest absolute Gasteiger partial charge is 0.481 e. The van der Waals surface area contributed by atoms with E-state index in [2.05, 4.69) is 22.4 Å². The molecule has 3 rings (SSSR count). The molecular formula is C20H18N2O3S. The molecule has 0 bridgehead atoms. The van der Waals surface area contributed by atoms with Gasteiger partial charge in [-0.05, 0) is 59.2 Å². The Hall–Kier alpha value is -2.99. The summed E-state index contributed by atoms with van der Waals surface area (Å²) < 4.78 is 11.8. The zero-order chi connectivity index (χ0) is 18.4. The van der Waals surface area contributed by atoms with E-state index >= 15 is 0 Å². The van der Waals surface area contributed by atoms with Crippen LogP contribution in [0.4, 0.5) is 5.69 Å². The molecule has 1 heterocycles. The average molecular weight is 366 g/mol. The van der Waals surface area contributed by atoms with Crippen LogP contribution in [0.25, 0.3) is 11.1 Å². The molecule has 26 heavy (non-hydrogen) atoms. The van der Waals surface area contributed by atoms with Gasteiger partial charge >= 0.3 is 5.97 Å². The number of aliphatic carboxylic acids is 1. The van der Waals surface area contributed by atoms with Crippen LogP contribution >= 0.6 is 0 Å². The number of rotatable bonds is 7. The molecule has 0 aliphatic heterocycles. The molecule has 3 aromatic rings. The van der Waals surface area contributed by atoms with Gasteiger partial charge in [0.15, 0.2) is 0 Å². The van der Waals surface area contributed by atoms with Crippen LogP contribution in [0.2, 0.25) is 0 Å². The first-order chi connectivity index (χ1) is 12.6. The topological polar surface area (TPSA) is 79.3 Å². The van der Waals surface area contributed by atoms with Crippen LogP contribution in [-0.2, 0) is 22.1 Å². The highest BCUT2D eigenvalue weighted by Crippen LogP contribution is 2.20. The number of carboxylic acids is 1. The van der Waals surface area contributed by atoms with Gasteiger partial charge in [0.2, 0.25) is 0 Å². The molecule has 6 heteroatoms. The zero-order valence-corrected chi connectivity index (χ0v) is 14.8. The van der Waals surface area contributed by atoms with Gasteiger partial charge < -0.3 is 10.4 Å². The van der Waals surface area contributed by atoms with Gasteiger partial charge in [-0.25, -0.2) is 0 Å². The van der Waals surface area contributed by atoms with Crippen molar-refractivity contribution in [1.82, 2.24) is 4.98 Å². The fraction of sp³-hybridized carbons (Fsp3) is 0.100. The number of anilines is 1. The second-order valence-electron chi connectivity index (χ2n) is 5.70. The minimum absolute atomic E-state index is 0.380. The lowest BCUT2D eigenvalue weighted by Crippen LogP contribution is -2.09. The van der Waals surface area contributed by atoms with E-state index < -0.39 is 16.8 Å². The van der Waals surface area contributed by atoms with Crippen molar-refractivity contribution in [2.24, 2.45) is 0 Å². The van der Waals surface area contributed by atoms with Gasteiger partial charge in [-0.15, -0.1) is 0 Å². The maximum absolute atomic E-state index is 11.8. The number of aromatic nitrogens is 1. The van der Waals surface area contributed by atoms with Crippen LogP contribution in [-0.4, -0.2) is 26.0 Å². The molecule has 0 saturated carbocycles. The molecule has 2 N–H and O–H groups in total. The van der Waals surface area contributed by atoms with Crippen LogP contribution in [0, 0.1) is 0 Å². The molecule has 1 atom stereocenters. The SMILES string of the molecule is O=C(O)CS(=O)c1ccc(NCc2cccc(-c3ccncc3)c2)cc1. The number of nitrogens with zero attached hydrogens (tertiary/aromatic N) is 1. The highest BCUT2D eigenvalue weighted by atomic mass is 32.2. The van der Waals surface area contributed by atoms with Gasteiger partial charge in [-0.3, -0.25) is 14.0 Å². The van der Waals surface area contributed by atoms with Crippen molar-refractivity contribution in [2.75, 3.05) is 11.1 Å². The van der Waals surface area contributed by atoms with Gasteiger partial charge in [0, 0.05) is 29.5 Å². The van der Waals surface area contributed by atoms with Crippen LogP contribution in [0.1, 0.15) is 5.56 Å². The molecule has 1 aromatic heterocycles. The quantitative estimate of drug-likeness (QED) is 0.668. The molecule has 132 valence electrons. The third-order valence-corrected chi connectivity index (χ3v) is 5.12. The Kier molecular flexibility index (Phi) is 5.76. The fourth-order valence-electron chi connectivity index (χ4n) is 2.53. The van der Waals surface area contributed by atoms with Crippen molar-refractivity contribution in [1.29, 1.82) is 0 Å². The Morgan fingerprint density at radius 1 is 1.00 bits per heavy atom. The summed E-state index contributed by atoms with van der Waals surface area (Å²) in [4.78, 5) is 15.2. The molecule has 0 saturated heterocycles. The normalized spacial score (nSPS) is 11.7. The minimum Gasteiger partial charge on any atom is -0.481 e. The van der Waals surface area contributed by atoms with E-state index in [0.29, 0.717) is 11.4 Å². The summed E-state index contributed by atoms with van der Waals surface area (Å²) in [6.45, 7) is 0.649. The lowest BCUT2D eigenvalue weighted by molar-refractivity contribution is -0.133. The summed E-state index contributed by atoms with van der Waals surface area (Å²) in [6.07, 6.45) is 3.55. The maximum atomic E-state index is 11.8. The predicted molar refractivity (Wildman–Crippen MR) is 102 cm³/mol. The van der Waals surface area contributed by atoms with Crippen molar-refractivity contribution in [2.45, 2.75) is 11.4 Å². The maximum Gasteiger partial charge on any atom is 0.316 e. The molecule has 0 aliphatic carbocycles. The Bertz CT molecular complexity index is 912. The summed E-state index contributed by atoms with van der Waals surface area (Å²) in [5.74, 6) is -1.45. The molecule has 5 nitrogen and oxygen atoms in total. The summed E-state index contributed by atoms with van der Waals surface area (Å²) >= 11 is 0. The van der Waals surface area contributed by atoms with E-state index in [0.717, 1.165) is 22.4 Å². The molecule has 0 amide bonds. The number of benzene rings is 2. The second-order valence-corrected chi connectivity index (χ2v) is 7.15. The molecular weight excluding hydrogens is 348 g/mol. The summed E-state index contributed by atoms with van der Waals surface area (Å²) in [7, 11) is -1.52. The van der Waals surface area contributed by atoms with Crippen LogP contribution in [0.5, 0.6) is 0 Å². The number of hydrogen-bond donors (Lipinski definition) is 2. The Balaban J connectivity index is 1.64. The predicted octanol–water partition coefficient (Wildman–Crippen LogP) is 3.55. The van der Waals surface area contributed by atoms with E-state index in [1.807, 2.05) is 36.4 Å². The standard InChI is InChI=1S/C20H18N2O3S/c23-20(24)14-26(25)19-6-4-18(5-7-19)22-13-15-2-1-3-17(12-15)16-8-10-21-11-9-16/h1-12,22H,13-14H2,(H,23,24). The lowest BCUT2D eigenvalue weighted by atomic mass is 10.0. The van der Waals surface area contributed by atoms with Gasteiger partial charge in [0.25, 0.3) is 0 Å². The number of nitrogens with one attached hydrogen (secondary N) is 1. The fourth-order valence-corrected chi connectivity index (χ4v) is 3.36. The van der Waals surface area contributed by atoms with E-state index in [9.17, 15) is 9.00 Å². The average Bonchev–Trinajstić information content (AvgIpc) is 2.67. The van der Waals surface area contributed by atoms with Crippen molar-refractivity contribution in [3.63, 3.8) is 0 Å². The molecule has 0 radical (unpaired) electrons. The zero-order valence-electron chi connectivity index (χ0n) is 14.0. The second kappa shape index (κ2) is 8.40. The monoisotopic (exact) mass is 366 g/mol. The van der Waals surface area contributed by atoms with Crippen molar-refractivity contribution >= 4 is 22.5 Å². The number of pyridine rings is 1. The van der Waals surface area contributed by atoms with E-state index in [4.69, 9.17) is 5.11 Å². The number of carboxylic acid groups (broad SMARTS) is 1. The molecule has 1 unspecified atom stereocenters.